The highest BCUT2D eigenvalue weighted by atomic mass is 16.5. The van der Waals surface area contributed by atoms with Crippen molar-refractivity contribution in [3.05, 3.63) is 69.2 Å². The molecule has 0 aliphatic rings. The lowest BCUT2D eigenvalue weighted by Gasteiger charge is -2.20. The third-order valence-electron chi connectivity index (χ3n) is 6.47. The average Bonchev–Trinajstić information content (AvgIpc) is 3.22. The minimum Gasteiger partial charge on any atom is -0.508 e. The van der Waals surface area contributed by atoms with Crippen LogP contribution in [0.2, 0.25) is 0 Å². The number of carboxylic acids is 1. The first-order valence-corrected chi connectivity index (χ1v) is 11.6. The number of carbonyl (C=O) groups is 2. The molecule has 0 radical (unpaired) electrons. The quantitative estimate of drug-likeness (QED) is 0.275. The van der Waals surface area contributed by atoms with E-state index in [0.717, 1.165) is 16.5 Å². The summed E-state index contributed by atoms with van der Waals surface area (Å²) >= 11 is 0. The second-order valence-electron chi connectivity index (χ2n) is 8.82. The lowest BCUT2D eigenvalue weighted by atomic mass is 10.0. The lowest BCUT2D eigenvalue weighted by molar-refractivity contribution is -0.142. The number of nitrogens with one attached hydrogen (secondary N) is 2. The van der Waals surface area contributed by atoms with Crippen molar-refractivity contribution >= 4 is 33.7 Å². The molecule has 4 aromatic rings. The number of fused-ring (bicyclic) bond motifs is 2. The minimum atomic E-state index is -1.21. The third-order valence-corrected chi connectivity index (χ3v) is 6.47. The first-order chi connectivity index (χ1) is 17.1. The van der Waals surface area contributed by atoms with Gasteiger partial charge in [0, 0.05) is 40.0 Å². The van der Waals surface area contributed by atoms with Crippen molar-refractivity contribution in [2.75, 3.05) is 0 Å². The van der Waals surface area contributed by atoms with E-state index in [1.807, 2.05) is 13.8 Å². The number of carbonyl (C=O) groups excluding carboxylic acids is 1. The second kappa shape index (κ2) is 9.77. The van der Waals surface area contributed by atoms with Crippen LogP contribution in [0.1, 0.15) is 36.1 Å². The van der Waals surface area contributed by atoms with E-state index in [9.17, 15) is 24.6 Å². The molecular weight excluding hydrogens is 464 g/mol. The summed E-state index contributed by atoms with van der Waals surface area (Å²) < 4.78 is 11.4. The first-order valence-electron chi connectivity index (χ1n) is 11.6. The molecule has 0 aliphatic heterocycles. The average molecular weight is 493 g/mol. The molecule has 0 saturated heterocycles. The molecule has 0 unspecified atom stereocenters. The number of hydrogen-bond acceptors (Lipinski definition) is 6. The fourth-order valence-electron chi connectivity index (χ4n) is 4.40. The Kier molecular flexibility index (Phi) is 6.74. The van der Waals surface area contributed by atoms with Gasteiger partial charge in [-0.15, -0.1) is 0 Å². The van der Waals surface area contributed by atoms with Crippen molar-refractivity contribution in [3.8, 4) is 11.5 Å². The van der Waals surface area contributed by atoms with E-state index >= 15 is 0 Å². The minimum absolute atomic E-state index is 0.0104. The summed E-state index contributed by atoms with van der Waals surface area (Å²) in [5, 5.41) is 23.5. The highest BCUT2D eigenvalue weighted by molar-refractivity contribution is 5.89. The summed E-state index contributed by atoms with van der Waals surface area (Å²) in [6.45, 7) is 7.02. The SMILES string of the molecule is CCc1c(C)c2ccc(O[C@H](C)C(=O)N[C@@H](Cc3c[nH]c4ccc(O)cc34)C(=O)O)c(C)c2oc1=O. The van der Waals surface area contributed by atoms with Gasteiger partial charge in [-0.25, -0.2) is 9.59 Å². The molecule has 0 fully saturated rings. The maximum absolute atomic E-state index is 12.9. The fourth-order valence-corrected chi connectivity index (χ4v) is 4.40. The molecule has 9 nitrogen and oxygen atoms in total. The Morgan fingerprint density at radius 2 is 1.89 bits per heavy atom. The summed E-state index contributed by atoms with van der Waals surface area (Å²) in [6, 6.07) is 7.04. The number of rotatable bonds is 8. The van der Waals surface area contributed by atoms with Crippen molar-refractivity contribution in [1.29, 1.82) is 0 Å². The van der Waals surface area contributed by atoms with Crippen LogP contribution in [-0.4, -0.2) is 39.2 Å². The highest BCUT2D eigenvalue weighted by Crippen LogP contribution is 2.30. The van der Waals surface area contributed by atoms with Gasteiger partial charge in [0.25, 0.3) is 5.91 Å². The van der Waals surface area contributed by atoms with Gasteiger partial charge in [0.1, 0.15) is 23.1 Å². The van der Waals surface area contributed by atoms with Crippen molar-refractivity contribution < 1.29 is 29.0 Å². The normalized spacial score (nSPS) is 13.0. The predicted molar refractivity (Wildman–Crippen MR) is 135 cm³/mol. The molecule has 4 rings (SSSR count). The molecule has 2 heterocycles. The maximum atomic E-state index is 12.9. The number of ether oxygens (including phenoxy) is 1. The van der Waals surface area contributed by atoms with Crippen LogP contribution in [0, 0.1) is 13.8 Å². The molecule has 2 aromatic carbocycles. The number of H-pyrrole nitrogens is 1. The summed E-state index contributed by atoms with van der Waals surface area (Å²) in [5.74, 6) is -1.39. The number of phenolic OH excluding ortho intramolecular Hbond substituents is 1. The molecule has 2 aromatic heterocycles. The Morgan fingerprint density at radius 3 is 2.58 bits per heavy atom. The van der Waals surface area contributed by atoms with E-state index in [0.29, 0.717) is 39.8 Å². The van der Waals surface area contributed by atoms with E-state index in [2.05, 4.69) is 10.3 Å². The molecule has 0 aliphatic carbocycles. The largest absolute Gasteiger partial charge is 0.508 e. The summed E-state index contributed by atoms with van der Waals surface area (Å²) in [6.07, 6.45) is 1.21. The van der Waals surface area contributed by atoms with Gasteiger partial charge in [0.2, 0.25) is 0 Å². The summed E-state index contributed by atoms with van der Waals surface area (Å²) in [4.78, 5) is 40.1. The maximum Gasteiger partial charge on any atom is 0.339 e. The number of carboxylic acid groups (broad SMARTS) is 1. The van der Waals surface area contributed by atoms with Gasteiger partial charge in [-0.2, -0.15) is 0 Å². The monoisotopic (exact) mass is 492 g/mol. The topological polar surface area (TPSA) is 142 Å². The van der Waals surface area contributed by atoms with Crippen LogP contribution in [-0.2, 0) is 22.4 Å². The number of aromatic amines is 1. The van der Waals surface area contributed by atoms with Gasteiger partial charge in [-0.05, 0) is 68.7 Å². The van der Waals surface area contributed by atoms with Crippen molar-refractivity contribution in [2.24, 2.45) is 0 Å². The van der Waals surface area contributed by atoms with E-state index in [1.54, 1.807) is 37.4 Å². The summed E-state index contributed by atoms with van der Waals surface area (Å²) in [7, 11) is 0. The van der Waals surface area contributed by atoms with Crippen LogP contribution in [0.25, 0.3) is 21.9 Å². The van der Waals surface area contributed by atoms with E-state index in [-0.39, 0.29) is 12.2 Å². The molecule has 188 valence electrons. The van der Waals surface area contributed by atoms with Gasteiger partial charge >= 0.3 is 11.6 Å². The van der Waals surface area contributed by atoms with Crippen molar-refractivity contribution in [2.45, 2.75) is 52.7 Å². The first kappa shape index (κ1) is 24.8. The smallest absolute Gasteiger partial charge is 0.339 e. The zero-order valence-corrected chi connectivity index (χ0v) is 20.5. The Labute approximate surface area is 206 Å². The zero-order chi connectivity index (χ0) is 26.1. The standard InChI is InChI=1S/C27H28N2O7/c1-5-18-13(2)19-7-9-23(14(3)24(19)36-27(18)34)35-15(4)25(31)29-22(26(32)33)10-16-12-28-21-8-6-17(30)11-20(16)21/h6-9,11-12,15,22,28,30H,5,10H2,1-4H3,(H,29,31)(H,32,33)/t15-,22+/m1/s1. The molecule has 9 heteroatoms. The number of aryl methyl sites for hydroxylation is 2. The highest BCUT2D eigenvalue weighted by Gasteiger charge is 2.26. The molecule has 1 amide bonds. The Morgan fingerprint density at radius 1 is 1.14 bits per heavy atom. The van der Waals surface area contributed by atoms with E-state index in [4.69, 9.17) is 9.15 Å². The number of aromatic nitrogens is 1. The number of phenols is 1. The molecular formula is C27H28N2O7. The molecule has 4 N–H and O–H groups in total. The molecule has 0 bridgehead atoms. The Bertz CT molecular complexity index is 1530. The molecule has 0 spiro atoms. The second-order valence-corrected chi connectivity index (χ2v) is 8.82. The number of aromatic hydroxyl groups is 1. The van der Waals surface area contributed by atoms with Crippen LogP contribution in [0.5, 0.6) is 11.5 Å². The van der Waals surface area contributed by atoms with Crippen LogP contribution in [0.4, 0.5) is 0 Å². The van der Waals surface area contributed by atoms with Gasteiger partial charge < -0.3 is 29.7 Å². The van der Waals surface area contributed by atoms with Crippen molar-refractivity contribution in [3.63, 3.8) is 0 Å². The van der Waals surface area contributed by atoms with Crippen LogP contribution >= 0.6 is 0 Å². The number of aliphatic carboxylic acids is 1. The zero-order valence-electron chi connectivity index (χ0n) is 20.5. The lowest BCUT2D eigenvalue weighted by Crippen LogP contribution is -2.47. The van der Waals surface area contributed by atoms with Gasteiger partial charge in [0.05, 0.1) is 0 Å². The van der Waals surface area contributed by atoms with Gasteiger partial charge in [-0.3, -0.25) is 4.79 Å². The molecule has 2 atom stereocenters. The van der Waals surface area contributed by atoms with Crippen LogP contribution < -0.4 is 15.7 Å². The van der Waals surface area contributed by atoms with E-state index in [1.165, 1.54) is 13.0 Å². The number of benzene rings is 2. The van der Waals surface area contributed by atoms with E-state index < -0.39 is 29.6 Å². The van der Waals surface area contributed by atoms with Gasteiger partial charge in [0.15, 0.2) is 6.10 Å². The van der Waals surface area contributed by atoms with Crippen LogP contribution in [0.15, 0.2) is 45.7 Å². The number of hydrogen-bond donors (Lipinski definition) is 4. The van der Waals surface area contributed by atoms with Gasteiger partial charge in [-0.1, -0.05) is 6.92 Å². The predicted octanol–water partition coefficient (Wildman–Crippen LogP) is 3.74. The summed E-state index contributed by atoms with van der Waals surface area (Å²) in [5.41, 5.74) is 3.42. The Balaban J connectivity index is 1.53. The number of amides is 1. The fraction of sp³-hybridized carbons (Fsp3) is 0.296. The molecule has 0 saturated carbocycles. The molecule has 36 heavy (non-hydrogen) atoms. The third kappa shape index (κ3) is 4.64. The Hall–Kier alpha value is -4.27. The van der Waals surface area contributed by atoms with Crippen LogP contribution in [0.3, 0.4) is 0 Å². The van der Waals surface area contributed by atoms with Crippen molar-refractivity contribution in [1.82, 2.24) is 10.3 Å².